The number of hydrogen-bond acceptors (Lipinski definition) is 15. The SMILES string of the molecule is CCCCCCCCCCCC(=O)O[C@H](COC(=O)CCCCCCCCC)COP(=O)(O)OC[C@H](O)COP(=O)(O)OC[C@@H](COC(=O)CCCCCCCCC(C)C)OC(=O)CCCCCCCCCCCCCCCCCCCCC(C)C. The minimum atomic E-state index is -4.95. The number of rotatable bonds is 66. The van der Waals surface area contributed by atoms with Crippen molar-refractivity contribution in [2.24, 2.45) is 11.8 Å². The van der Waals surface area contributed by atoms with Gasteiger partial charge in [0.05, 0.1) is 26.4 Å². The van der Waals surface area contributed by atoms with E-state index in [9.17, 15) is 43.2 Å². The van der Waals surface area contributed by atoms with E-state index in [0.29, 0.717) is 31.6 Å². The van der Waals surface area contributed by atoms with Crippen LogP contribution < -0.4 is 0 Å². The lowest BCUT2D eigenvalue weighted by molar-refractivity contribution is -0.161. The van der Waals surface area contributed by atoms with E-state index >= 15 is 0 Å². The van der Waals surface area contributed by atoms with E-state index in [2.05, 4.69) is 41.5 Å². The first kappa shape index (κ1) is 84.1. The third-order valence-corrected chi connectivity index (χ3v) is 17.4. The number of aliphatic hydroxyl groups excluding tert-OH is 1. The van der Waals surface area contributed by atoms with E-state index in [4.69, 9.17) is 37.0 Å². The standard InChI is InChI=1S/C67H130O17P2/c1-7-9-11-13-15-26-31-39-45-51-66(71)83-62(55-77-64(69)49-43-37-29-14-12-10-8-2)57-81-85(73,74)79-53-61(68)54-80-86(75,76)82-58-63(56-78-65(70)50-44-38-34-33-36-42-48-60(5)6)84-67(72)52-46-40-32-28-25-23-21-19-17-16-18-20-22-24-27-30-35-41-47-59(3)4/h59-63,68H,7-58H2,1-6H3,(H,73,74)(H,75,76)/t61-,62+,63+/m0/s1. The number of carbonyl (C=O) groups is 4. The van der Waals surface area contributed by atoms with Gasteiger partial charge in [0.25, 0.3) is 0 Å². The highest BCUT2D eigenvalue weighted by molar-refractivity contribution is 7.47. The molecule has 0 aliphatic heterocycles. The van der Waals surface area contributed by atoms with Gasteiger partial charge in [-0.1, -0.05) is 286 Å². The molecule has 0 aromatic carbocycles. The molecule has 5 atom stereocenters. The van der Waals surface area contributed by atoms with Crippen LogP contribution in [0.25, 0.3) is 0 Å². The van der Waals surface area contributed by atoms with Gasteiger partial charge in [-0.15, -0.1) is 0 Å². The zero-order valence-electron chi connectivity index (χ0n) is 55.6. The van der Waals surface area contributed by atoms with E-state index in [-0.39, 0.29) is 25.7 Å². The zero-order chi connectivity index (χ0) is 63.6. The predicted molar refractivity (Wildman–Crippen MR) is 345 cm³/mol. The van der Waals surface area contributed by atoms with Crippen molar-refractivity contribution < 1.29 is 80.2 Å². The number of hydrogen-bond donors (Lipinski definition) is 3. The molecular formula is C67H130O17P2. The summed E-state index contributed by atoms with van der Waals surface area (Å²) in [4.78, 5) is 72.1. The second-order valence-electron chi connectivity index (χ2n) is 25.2. The number of phosphoric acid groups is 2. The smallest absolute Gasteiger partial charge is 0.462 e. The molecule has 0 heterocycles. The summed E-state index contributed by atoms with van der Waals surface area (Å²) in [5.41, 5.74) is 0. The average Bonchev–Trinajstić information content (AvgIpc) is 3.69. The number of aliphatic hydroxyl groups is 1. The normalized spacial score (nSPS) is 14.2. The third kappa shape index (κ3) is 60.9. The van der Waals surface area contributed by atoms with Crippen molar-refractivity contribution in [3.05, 3.63) is 0 Å². The Morgan fingerprint density at radius 3 is 0.791 bits per heavy atom. The lowest BCUT2D eigenvalue weighted by Gasteiger charge is -2.21. The number of phosphoric ester groups is 2. The maximum atomic E-state index is 13.0. The Bertz CT molecular complexity index is 1680. The van der Waals surface area contributed by atoms with E-state index in [1.54, 1.807) is 0 Å². The largest absolute Gasteiger partial charge is 0.472 e. The molecule has 86 heavy (non-hydrogen) atoms. The van der Waals surface area contributed by atoms with Crippen LogP contribution in [-0.2, 0) is 65.4 Å². The molecule has 2 unspecified atom stereocenters. The molecular weight excluding hydrogens is 1140 g/mol. The molecule has 510 valence electrons. The van der Waals surface area contributed by atoms with Crippen molar-refractivity contribution in [3.8, 4) is 0 Å². The van der Waals surface area contributed by atoms with Crippen LogP contribution in [0, 0.1) is 11.8 Å². The monoisotopic (exact) mass is 1270 g/mol. The van der Waals surface area contributed by atoms with Crippen LogP contribution in [0.3, 0.4) is 0 Å². The Kier molecular flexibility index (Phi) is 58.0. The van der Waals surface area contributed by atoms with Crippen molar-refractivity contribution in [2.45, 2.75) is 355 Å². The van der Waals surface area contributed by atoms with Crippen LogP contribution >= 0.6 is 15.6 Å². The van der Waals surface area contributed by atoms with Gasteiger partial charge in [-0.3, -0.25) is 37.3 Å². The molecule has 0 bridgehead atoms. The second-order valence-corrected chi connectivity index (χ2v) is 28.1. The summed E-state index contributed by atoms with van der Waals surface area (Å²) in [5.74, 6) is -0.638. The topological polar surface area (TPSA) is 237 Å². The van der Waals surface area contributed by atoms with E-state index < -0.39 is 97.5 Å². The molecule has 19 heteroatoms. The fourth-order valence-corrected chi connectivity index (χ4v) is 11.6. The first-order valence-corrected chi connectivity index (χ1v) is 38.0. The molecule has 0 aliphatic rings. The quantitative estimate of drug-likeness (QED) is 0.0222. The Morgan fingerprint density at radius 1 is 0.314 bits per heavy atom. The second kappa shape index (κ2) is 59.4. The summed E-state index contributed by atoms with van der Waals surface area (Å²) in [5, 5.41) is 10.5. The molecule has 0 saturated carbocycles. The number of ether oxygens (including phenoxy) is 4. The number of unbranched alkanes of at least 4 members (excludes halogenated alkanes) is 36. The van der Waals surface area contributed by atoms with E-state index in [0.717, 1.165) is 115 Å². The van der Waals surface area contributed by atoms with Gasteiger partial charge in [0.1, 0.15) is 19.3 Å². The van der Waals surface area contributed by atoms with Gasteiger partial charge in [0.15, 0.2) is 12.2 Å². The summed E-state index contributed by atoms with van der Waals surface area (Å²) in [6, 6.07) is 0. The minimum Gasteiger partial charge on any atom is -0.462 e. The first-order chi connectivity index (χ1) is 41.4. The Hall–Kier alpha value is -1.94. The summed E-state index contributed by atoms with van der Waals surface area (Å²) in [7, 11) is -9.88. The zero-order valence-corrected chi connectivity index (χ0v) is 57.4. The molecule has 0 spiro atoms. The minimum absolute atomic E-state index is 0.105. The van der Waals surface area contributed by atoms with Gasteiger partial charge in [-0.05, 0) is 37.5 Å². The Labute approximate surface area is 524 Å². The summed E-state index contributed by atoms with van der Waals surface area (Å²) in [6.07, 6.45) is 43.5. The van der Waals surface area contributed by atoms with Gasteiger partial charge in [-0.2, -0.15) is 0 Å². The molecule has 17 nitrogen and oxygen atoms in total. The highest BCUT2D eigenvalue weighted by atomic mass is 31.2. The first-order valence-electron chi connectivity index (χ1n) is 35.0. The average molecular weight is 1270 g/mol. The Morgan fingerprint density at radius 2 is 0.535 bits per heavy atom. The van der Waals surface area contributed by atoms with E-state index in [1.165, 1.54) is 135 Å². The lowest BCUT2D eigenvalue weighted by atomic mass is 10.0. The van der Waals surface area contributed by atoms with Crippen molar-refractivity contribution in [1.29, 1.82) is 0 Å². The highest BCUT2D eigenvalue weighted by Gasteiger charge is 2.30. The molecule has 0 radical (unpaired) electrons. The molecule has 0 aromatic rings. The summed E-state index contributed by atoms with van der Waals surface area (Å²) >= 11 is 0. The van der Waals surface area contributed by atoms with Crippen LogP contribution in [0.5, 0.6) is 0 Å². The van der Waals surface area contributed by atoms with Gasteiger partial charge in [0, 0.05) is 25.7 Å². The third-order valence-electron chi connectivity index (χ3n) is 15.5. The highest BCUT2D eigenvalue weighted by Crippen LogP contribution is 2.45. The van der Waals surface area contributed by atoms with E-state index in [1.807, 2.05) is 0 Å². The van der Waals surface area contributed by atoms with Crippen LogP contribution in [0.15, 0.2) is 0 Å². The van der Waals surface area contributed by atoms with Gasteiger partial charge in [-0.25, -0.2) is 9.13 Å². The molecule has 0 amide bonds. The number of esters is 4. The molecule has 0 aliphatic carbocycles. The molecule has 0 rings (SSSR count). The van der Waals surface area contributed by atoms with Gasteiger partial charge in [0.2, 0.25) is 0 Å². The van der Waals surface area contributed by atoms with Crippen LogP contribution in [0.1, 0.15) is 337 Å². The fraction of sp³-hybridized carbons (Fsp3) is 0.940. The van der Waals surface area contributed by atoms with Crippen molar-refractivity contribution >= 4 is 39.5 Å². The van der Waals surface area contributed by atoms with Crippen LogP contribution in [0.2, 0.25) is 0 Å². The Balaban J connectivity index is 5.09. The van der Waals surface area contributed by atoms with Crippen molar-refractivity contribution in [2.75, 3.05) is 39.6 Å². The molecule has 0 saturated heterocycles. The fourth-order valence-electron chi connectivity index (χ4n) is 10.1. The maximum Gasteiger partial charge on any atom is 0.472 e. The van der Waals surface area contributed by atoms with Crippen LogP contribution in [0.4, 0.5) is 0 Å². The lowest BCUT2D eigenvalue weighted by Crippen LogP contribution is -2.30. The number of carbonyl (C=O) groups excluding carboxylic acids is 4. The van der Waals surface area contributed by atoms with Crippen LogP contribution in [-0.4, -0.2) is 96.7 Å². The van der Waals surface area contributed by atoms with Crippen molar-refractivity contribution in [3.63, 3.8) is 0 Å². The molecule has 0 aromatic heterocycles. The van der Waals surface area contributed by atoms with Crippen molar-refractivity contribution in [1.82, 2.24) is 0 Å². The summed E-state index contributed by atoms with van der Waals surface area (Å²) in [6.45, 7) is 9.41. The maximum absolute atomic E-state index is 13.0. The predicted octanol–water partition coefficient (Wildman–Crippen LogP) is 18.8. The molecule has 3 N–H and O–H groups in total. The summed E-state index contributed by atoms with van der Waals surface area (Å²) < 4.78 is 67.9. The van der Waals surface area contributed by atoms with Gasteiger partial charge >= 0.3 is 39.5 Å². The van der Waals surface area contributed by atoms with Gasteiger partial charge < -0.3 is 33.8 Å². The molecule has 0 fully saturated rings.